The highest BCUT2D eigenvalue weighted by atomic mass is 16.1. The van der Waals surface area contributed by atoms with E-state index in [0.29, 0.717) is 11.8 Å². The largest absolute Gasteiger partial charge is 0.326 e. The topological polar surface area (TPSA) is 32.9 Å². The van der Waals surface area contributed by atoms with Crippen molar-refractivity contribution in [1.82, 2.24) is 4.98 Å². The van der Waals surface area contributed by atoms with E-state index in [-0.39, 0.29) is 5.56 Å². The minimum atomic E-state index is 0.0199. The van der Waals surface area contributed by atoms with Gasteiger partial charge in [0.15, 0.2) is 0 Å². The lowest BCUT2D eigenvalue weighted by Gasteiger charge is -2.37. The zero-order valence-corrected chi connectivity index (χ0v) is 10.3. The molecule has 0 saturated heterocycles. The molecule has 2 heteroatoms. The van der Waals surface area contributed by atoms with Crippen LogP contribution in [-0.2, 0) is 6.42 Å². The summed E-state index contributed by atoms with van der Waals surface area (Å²) in [5, 5.41) is 0. The molecule has 3 rings (SSSR count). The third kappa shape index (κ3) is 1.59. The highest BCUT2D eigenvalue weighted by Crippen LogP contribution is 2.45. The SMILES string of the molecule is CC=C1C2CC(C)=C[C@@H]1Cc1[nH]c(=O)ccc12. The average molecular weight is 227 g/mol. The predicted molar refractivity (Wildman–Crippen MR) is 69.1 cm³/mol. The summed E-state index contributed by atoms with van der Waals surface area (Å²) in [5.74, 6) is 0.972. The van der Waals surface area contributed by atoms with Gasteiger partial charge in [0, 0.05) is 23.6 Å². The highest BCUT2D eigenvalue weighted by Gasteiger charge is 2.33. The molecule has 0 aliphatic heterocycles. The Labute approximate surface area is 101 Å². The van der Waals surface area contributed by atoms with Crippen LogP contribution in [0.1, 0.15) is 37.4 Å². The smallest absolute Gasteiger partial charge is 0.248 e. The number of aromatic amines is 1. The molecule has 0 spiro atoms. The van der Waals surface area contributed by atoms with Gasteiger partial charge in [-0.3, -0.25) is 4.79 Å². The number of nitrogens with one attached hydrogen (secondary N) is 1. The third-order valence-electron chi connectivity index (χ3n) is 4.01. The fraction of sp³-hybridized carbons (Fsp3) is 0.400. The lowest BCUT2D eigenvalue weighted by molar-refractivity contribution is 0.552. The van der Waals surface area contributed by atoms with Crippen molar-refractivity contribution >= 4 is 0 Å². The van der Waals surface area contributed by atoms with Crippen LogP contribution < -0.4 is 5.56 Å². The molecule has 2 aliphatic rings. The molecule has 2 nitrogen and oxygen atoms in total. The van der Waals surface area contributed by atoms with Crippen molar-refractivity contribution in [2.45, 2.75) is 32.6 Å². The lowest BCUT2D eigenvalue weighted by Crippen LogP contribution is -2.27. The number of hydrogen-bond donors (Lipinski definition) is 1. The molecule has 88 valence electrons. The van der Waals surface area contributed by atoms with Gasteiger partial charge in [-0.15, -0.1) is 0 Å². The first kappa shape index (κ1) is 10.6. The quantitative estimate of drug-likeness (QED) is 0.679. The number of rotatable bonds is 0. The summed E-state index contributed by atoms with van der Waals surface area (Å²) in [6, 6.07) is 3.66. The van der Waals surface area contributed by atoms with Crippen LogP contribution in [0.5, 0.6) is 0 Å². The molecule has 2 atom stereocenters. The minimum Gasteiger partial charge on any atom is -0.326 e. The maximum absolute atomic E-state index is 11.4. The lowest BCUT2D eigenvalue weighted by atomic mass is 9.68. The molecule has 0 amide bonds. The summed E-state index contributed by atoms with van der Waals surface area (Å²) in [7, 11) is 0. The molecular formula is C15H17NO. The van der Waals surface area contributed by atoms with E-state index in [9.17, 15) is 4.79 Å². The highest BCUT2D eigenvalue weighted by molar-refractivity contribution is 5.44. The number of allylic oxidation sites excluding steroid dienone is 4. The third-order valence-corrected chi connectivity index (χ3v) is 4.01. The Kier molecular flexibility index (Phi) is 2.32. The van der Waals surface area contributed by atoms with Crippen molar-refractivity contribution in [3.63, 3.8) is 0 Å². The summed E-state index contributed by atoms with van der Waals surface area (Å²) in [6.45, 7) is 4.34. The standard InChI is InChI=1S/C15H17NO/c1-3-11-10-6-9(2)7-13(11)12-4-5-15(17)16-14(12)8-10/h3-6,10,13H,7-8H2,1-2H3,(H,16,17)/t10-,13?/m1/s1. The monoisotopic (exact) mass is 227 g/mol. The summed E-state index contributed by atoms with van der Waals surface area (Å²) in [5.41, 5.74) is 5.48. The number of H-pyrrole nitrogens is 1. The number of pyridine rings is 1. The predicted octanol–water partition coefficient (Wildman–Crippen LogP) is 2.93. The minimum absolute atomic E-state index is 0.0199. The van der Waals surface area contributed by atoms with Gasteiger partial charge in [-0.05, 0) is 32.3 Å². The van der Waals surface area contributed by atoms with E-state index in [1.807, 2.05) is 6.07 Å². The summed E-state index contributed by atoms with van der Waals surface area (Å²) < 4.78 is 0. The zero-order valence-electron chi connectivity index (χ0n) is 10.3. The zero-order chi connectivity index (χ0) is 12.0. The molecule has 1 unspecified atom stereocenters. The van der Waals surface area contributed by atoms with E-state index in [2.05, 4.69) is 31.0 Å². The van der Waals surface area contributed by atoms with Crippen molar-refractivity contribution in [3.05, 3.63) is 57.0 Å². The number of fused-ring (bicyclic) bond motifs is 4. The van der Waals surface area contributed by atoms with E-state index in [1.165, 1.54) is 16.7 Å². The molecule has 17 heavy (non-hydrogen) atoms. The van der Waals surface area contributed by atoms with Crippen molar-refractivity contribution in [3.8, 4) is 0 Å². The van der Waals surface area contributed by atoms with E-state index in [4.69, 9.17) is 0 Å². The summed E-state index contributed by atoms with van der Waals surface area (Å²) in [6.07, 6.45) is 6.65. The molecule has 2 bridgehead atoms. The molecule has 0 radical (unpaired) electrons. The van der Waals surface area contributed by atoms with Crippen LogP contribution in [0, 0.1) is 5.92 Å². The molecule has 1 aromatic heterocycles. The van der Waals surface area contributed by atoms with E-state index in [0.717, 1.165) is 18.5 Å². The summed E-state index contributed by atoms with van der Waals surface area (Å²) in [4.78, 5) is 14.4. The second-order valence-electron chi connectivity index (χ2n) is 5.13. The second kappa shape index (κ2) is 3.73. The maximum Gasteiger partial charge on any atom is 0.248 e. The van der Waals surface area contributed by atoms with Crippen LogP contribution in [0.4, 0.5) is 0 Å². The molecule has 2 aliphatic carbocycles. The first-order valence-corrected chi connectivity index (χ1v) is 6.24. The normalized spacial score (nSPS) is 28.8. The first-order chi connectivity index (χ1) is 8.19. The Balaban J connectivity index is 2.19. The molecular weight excluding hydrogens is 210 g/mol. The molecule has 0 fully saturated rings. The fourth-order valence-electron chi connectivity index (χ4n) is 3.33. The molecule has 1 N–H and O–H groups in total. The van der Waals surface area contributed by atoms with Gasteiger partial charge in [-0.2, -0.15) is 0 Å². The van der Waals surface area contributed by atoms with Gasteiger partial charge in [-0.25, -0.2) is 0 Å². The van der Waals surface area contributed by atoms with E-state index < -0.39 is 0 Å². The van der Waals surface area contributed by atoms with Crippen molar-refractivity contribution in [2.24, 2.45) is 5.92 Å². The Hall–Kier alpha value is -1.57. The van der Waals surface area contributed by atoms with Crippen molar-refractivity contribution in [2.75, 3.05) is 0 Å². The molecule has 0 aromatic carbocycles. The van der Waals surface area contributed by atoms with E-state index in [1.54, 1.807) is 6.07 Å². The maximum atomic E-state index is 11.4. The van der Waals surface area contributed by atoms with Crippen LogP contribution in [-0.4, -0.2) is 4.98 Å². The summed E-state index contributed by atoms with van der Waals surface area (Å²) >= 11 is 0. The Morgan fingerprint density at radius 1 is 1.35 bits per heavy atom. The molecule has 1 aromatic rings. The van der Waals surface area contributed by atoms with Crippen LogP contribution >= 0.6 is 0 Å². The van der Waals surface area contributed by atoms with Crippen molar-refractivity contribution in [1.29, 1.82) is 0 Å². The van der Waals surface area contributed by atoms with Crippen LogP contribution in [0.25, 0.3) is 0 Å². The van der Waals surface area contributed by atoms with Gasteiger partial charge < -0.3 is 4.98 Å². The number of aromatic nitrogens is 1. The fourth-order valence-corrected chi connectivity index (χ4v) is 3.33. The average Bonchev–Trinajstić information content (AvgIpc) is 2.27. The Bertz CT molecular complexity index is 577. The Morgan fingerprint density at radius 3 is 2.94 bits per heavy atom. The van der Waals surface area contributed by atoms with Gasteiger partial charge in [0.1, 0.15) is 0 Å². The first-order valence-electron chi connectivity index (χ1n) is 6.24. The number of hydrogen-bond acceptors (Lipinski definition) is 1. The van der Waals surface area contributed by atoms with Gasteiger partial charge in [0.2, 0.25) is 5.56 Å². The van der Waals surface area contributed by atoms with Crippen LogP contribution in [0.2, 0.25) is 0 Å². The van der Waals surface area contributed by atoms with Gasteiger partial charge in [-0.1, -0.05) is 29.4 Å². The van der Waals surface area contributed by atoms with E-state index >= 15 is 0 Å². The van der Waals surface area contributed by atoms with Gasteiger partial charge >= 0.3 is 0 Å². The molecule has 1 heterocycles. The van der Waals surface area contributed by atoms with Gasteiger partial charge in [0.25, 0.3) is 0 Å². The van der Waals surface area contributed by atoms with Gasteiger partial charge in [0.05, 0.1) is 0 Å². The van der Waals surface area contributed by atoms with Crippen molar-refractivity contribution < 1.29 is 0 Å². The van der Waals surface area contributed by atoms with Crippen LogP contribution in [0.15, 0.2) is 40.2 Å². The molecule has 0 saturated carbocycles. The second-order valence-corrected chi connectivity index (χ2v) is 5.13. The Morgan fingerprint density at radius 2 is 2.18 bits per heavy atom. The van der Waals surface area contributed by atoms with Crippen LogP contribution in [0.3, 0.4) is 0 Å².